The average Bonchev–Trinajstić information content (AvgIpc) is 2.34. The summed E-state index contributed by atoms with van der Waals surface area (Å²) in [5.41, 5.74) is -0.230. The van der Waals surface area contributed by atoms with E-state index in [9.17, 15) is 20.3 Å². The van der Waals surface area contributed by atoms with Crippen LogP contribution in [0.4, 0.5) is 5.69 Å². The fraction of sp³-hybridized carbons (Fsp3) is 0.455. The molecule has 100 valence electrons. The maximum absolute atomic E-state index is 10.8. The largest absolute Gasteiger partial charge is 0.390 e. The smallest absolute Gasteiger partial charge is 0.275 e. The van der Waals surface area contributed by atoms with Crippen molar-refractivity contribution in [2.45, 2.75) is 18.6 Å². The van der Waals surface area contributed by atoms with Crippen LogP contribution in [0.3, 0.4) is 0 Å². The molecule has 0 aliphatic rings. The molecule has 7 heteroatoms. The van der Waals surface area contributed by atoms with Crippen LogP contribution in [0, 0.1) is 10.1 Å². The van der Waals surface area contributed by atoms with Crippen LogP contribution in [-0.4, -0.2) is 34.8 Å². The van der Waals surface area contributed by atoms with Crippen LogP contribution in [-0.2, 0) is 0 Å². The minimum absolute atomic E-state index is 0.0242. The molecule has 6 nitrogen and oxygen atoms in total. The van der Waals surface area contributed by atoms with Crippen molar-refractivity contribution in [2.75, 3.05) is 13.6 Å². The van der Waals surface area contributed by atoms with Gasteiger partial charge in [0.15, 0.2) is 0 Å². The molecule has 2 unspecified atom stereocenters. The molecule has 0 bridgehead atoms. The van der Waals surface area contributed by atoms with Gasteiger partial charge in [0.25, 0.3) is 5.69 Å². The lowest BCUT2D eigenvalue weighted by atomic mass is 10.0. The first-order valence-corrected chi connectivity index (χ1v) is 5.79. The maximum Gasteiger partial charge on any atom is 0.275 e. The van der Waals surface area contributed by atoms with Gasteiger partial charge in [-0.15, -0.1) is 0 Å². The number of hydrogen-bond donors (Lipinski definition) is 3. The lowest BCUT2D eigenvalue weighted by molar-refractivity contribution is -0.386. The first-order chi connectivity index (χ1) is 8.47. The van der Waals surface area contributed by atoms with Gasteiger partial charge < -0.3 is 15.5 Å². The van der Waals surface area contributed by atoms with Crippen molar-refractivity contribution >= 4 is 17.3 Å². The fourth-order valence-corrected chi connectivity index (χ4v) is 1.77. The summed E-state index contributed by atoms with van der Waals surface area (Å²) in [6.07, 6.45) is -2.14. The molecule has 0 aromatic heterocycles. The Hall–Kier alpha value is -1.21. The van der Waals surface area contributed by atoms with Gasteiger partial charge in [0.2, 0.25) is 0 Å². The van der Waals surface area contributed by atoms with Crippen LogP contribution in [0.5, 0.6) is 0 Å². The van der Waals surface area contributed by atoms with Crippen LogP contribution < -0.4 is 5.32 Å². The second kappa shape index (κ2) is 6.65. The second-order valence-corrected chi connectivity index (χ2v) is 4.30. The third kappa shape index (κ3) is 3.64. The Kier molecular flexibility index (Phi) is 5.49. The van der Waals surface area contributed by atoms with Gasteiger partial charge in [-0.3, -0.25) is 10.1 Å². The van der Waals surface area contributed by atoms with Crippen LogP contribution in [0.1, 0.15) is 18.1 Å². The Balaban J connectivity index is 2.99. The molecule has 0 spiro atoms. The van der Waals surface area contributed by atoms with Crippen molar-refractivity contribution < 1.29 is 15.1 Å². The van der Waals surface area contributed by atoms with E-state index in [1.165, 1.54) is 18.2 Å². The number of nitrogens with zero attached hydrogens (tertiary/aromatic N) is 1. The normalized spacial score (nSPS) is 14.2. The number of rotatable bonds is 6. The first-order valence-electron chi connectivity index (χ1n) is 5.42. The number of benzene rings is 1. The van der Waals surface area contributed by atoms with E-state index in [0.717, 1.165) is 0 Å². The number of nitrogens with one attached hydrogen (secondary N) is 1. The van der Waals surface area contributed by atoms with Gasteiger partial charge in [0, 0.05) is 11.1 Å². The van der Waals surface area contributed by atoms with E-state index in [-0.39, 0.29) is 22.7 Å². The lowest BCUT2D eigenvalue weighted by Gasteiger charge is -2.18. The number of halogens is 1. The van der Waals surface area contributed by atoms with E-state index in [2.05, 4.69) is 5.32 Å². The SMILES string of the molecule is CNCCC(O)C(O)c1cc(Cl)ccc1[N+](=O)[O-]. The Morgan fingerprint density at radius 2 is 2.17 bits per heavy atom. The molecule has 0 fully saturated rings. The Morgan fingerprint density at radius 1 is 1.50 bits per heavy atom. The number of nitro groups is 1. The molecular formula is C11H15ClN2O4. The summed E-state index contributed by atoms with van der Waals surface area (Å²) >= 11 is 5.75. The number of hydrogen-bond acceptors (Lipinski definition) is 5. The van der Waals surface area contributed by atoms with Crippen molar-refractivity contribution in [3.63, 3.8) is 0 Å². The van der Waals surface area contributed by atoms with Gasteiger partial charge in [0.05, 0.1) is 16.6 Å². The summed E-state index contributed by atoms with van der Waals surface area (Å²) in [5, 5.41) is 33.6. The molecule has 1 aromatic carbocycles. The van der Waals surface area contributed by atoms with Gasteiger partial charge in [-0.05, 0) is 32.1 Å². The third-order valence-corrected chi connectivity index (χ3v) is 2.79. The molecule has 0 amide bonds. The third-order valence-electron chi connectivity index (χ3n) is 2.56. The predicted octanol–water partition coefficient (Wildman–Crippen LogP) is 1.25. The monoisotopic (exact) mass is 274 g/mol. The van der Waals surface area contributed by atoms with E-state index >= 15 is 0 Å². The molecule has 1 rings (SSSR count). The molecule has 0 aliphatic heterocycles. The summed E-state index contributed by atoms with van der Waals surface area (Å²) < 4.78 is 0. The highest BCUT2D eigenvalue weighted by atomic mass is 35.5. The average molecular weight is 275 g/mol. The Bertz CT molecular complexity index is 428. The molecule has 1 aromatic rings. The van der Waals surface area contributed by atoms with Crippen LogP contribution >= 0.6 is 11.6 Å². The van der Waals surface area contributed by atoms with Crippen molar-refractivity contribution in [2.24, 2.45) is 0 Å². The van der Waals surface area contributed by atoms with Gasteiger partial charge in [0.1, 0.15) is 6.10 Å². The van der Waals surface area contributed by atoms with E-state index < -0.39 is 17.1 Å². The Labute approximate surface area is 109 Å². The zero-order valence-electron chi connectivity index (χ0n) is 9.84. The number of nitro benzene ring substituents is 1. The fourth-order valence-electron chi connectivity index (χ4n) is 1.59. The van der Waals surface area contributed by atoms with Gasteiger partial charge in [-0.25, -0.2) is 0 Å². The lowest BCUT2D eigenvalue weighted by Crippen LogP contribution is -2.23. The van der Waals surface area contributed by atoms with Crippen LogP contribution in [0.2, 0.25) is 5.02 Å². The van der Waals surface area contributed by atoms with Crippen molar-refractivity contribution in [1.29, 1.82) is 0 Å². The molecule has 2 atom stereocenters. The second-order valence-electron chi connectivity index (χ2n) is 3.86. The highest BCUT2D eigenvalue weighted by Gasteiger charge is 2.26. The summed E-state index contributed by atoms with van der Waals surface area (Å²) in [7, 11) is 1.71. The van der Waals surface area contributed by atoms with E-state index in [4.69, 9.17) is 11.6 Å². The summed E-state index contributed by atoms with van der Waals surface area (Å²) in [5.74, 6) is 0. The minimum atomic E-state index is -1.34. The zero-order valence-corrected chi connectivity index (χ0v) is 10.6. The van der Waals surface area contributed by atoms with Gasteiger partial charge >= 0.3 is 0 Å². The predicted molar refractivity (Wildman–Crippen MR) is 67.6 cm³/mol. The van der Waals surface area contributed by atoms with Crippen LogP contribution in [0.25, 0.3) is 0 Å². The summed E-state index contributed by atoms with van der Waals surface area (Å²) in [6, 6.07) is 3.88. The van der Waals surface area contributed by atoms with E-state index in [1.54, 1.807) is 7.05 Å². The molecule has 0 saturated carbocycles. The summed E-state index contributed by atoms with van der Waals surface area (Å²) in [6.45, 7) is 0.493. The first kappa shape index (κ1) is 14.8. The molecule has 3 N–H and O–H groups in total. The number of aliphatic hydroxyl groups excluding tert-OH is 2. The molecule has 18 heavy (non-hydrogen) atoms. The maximum atomic E-state index is 10.8. The van der Waals surface area contributed by atoms with Gasteiger partial charge in [-0.2, -0.15) is 0 Å². The molecule has 0 radical (unpaired) electrons. The molecule has 0 saturated heterocycles. The Morgan fingerprint density at radius 3 is 2.72 bits per heavy atom. The van der Waals surface area contributed by atoms with E-state index in [0.29, 0.717) is 6.54 Å². The van der Waals surface area contributed by atoms with Crippen molar-refractivity contribution in [1.82, 2.24) is 5.32 Å². The summed E-state index contributed by atoms with van der Waals surface area (Å²) in [4.78, 5) is 10.2. The number of aliphatic hydroxyl groups is 2. The standard InChI is InChI=1S/C11H15ClN2O4/c1-13-5-4-10(15)11(16)8-6-7(12)2-3-9(8)14(17)18/h2-3,6,10-11,13,15-16H,4-5H2,1H3. The van der Waals surface area contributed by atoms with Gasteiger partial charge in [-0.1, -0.05) is 11.6 Å². The van der Waals surface area contributed by atoms with E-state index in [1.807, 2.05) is 0 Å². The highest BCUT2D eigenvalue weighted by molar-refractivity contribution is 6.30. The van der Waals surface area contributed by atoms with Crippen LogP contribution in [0.15, 0.2) is 18.2 Å². The minimum Gasteiger partial charge on any atom is -0.390 e. The molecular weight excluding hydrogens is 260 g/mol. The highest BCUT2D eigenvalue weighted by Crippen LogP contribution is 2.30. The zero-order chi connectivity index (χ0) is 13.7. The van der Waals surface area contributed by atoms with Crippen molar-refractivity contribution in [3.8, 4) is 0 Å². The quantitative estimate of drug-likeness (QED) is 0.536. The topological polar surface area (TPSA) is 95.6 Å². The molecule has 0 aliphatic carbocycles. The van der Waals surface area contributed by atoms with Crippen molar-refractivity contribution in [3.05, 3.63) is 38.9 Å². The molecule has 0 heterocycles.